The fraction of sp³-hybridized carbons (Fsp3) is 0.121. The number of rotatable bonds is 10. The Balaban J connectivity index is 1.34. The summed E-state index contributed by atoms with van der Waals surface area (Å²) in [6, 6.07) is 23.6. The third-order valence-electron chi connectivity index (χ3n) is 6.58. The van der Waals surface area contributed by atoms with Gasteiger partial charge in [-0.3, -0.25) is 14.9 Å². The van der Waals surface area contributed by atoms with Gasteiger partial charge in [-0.05, 0) is 65.2 Å². The number of urea groups is 1. The first-order valence-corrected chi connectivity index (χ1v) is 14.0. The van der Waals surface area contributed by atoms with Crippen molar-refractivity contribution in [2.24, 2.45) is 0 Å². The standard InChI is InChI=1S/C33H26Cl2N2O7/c1-41-28-15-21(11-12-27(28)43-18-20-7-4-3-5-8-20)19-44-30-26(35)14-22(16-29(30)42-2)13-25-31(38)36-33(40)37(32(25)39)24-10-6-9-23(34)17-24/h3-17H,18-19H2,1-2H3,(H,36,38,40)/b25-13+. The van der Waals surface area contributed by atoms with Crippen LogP contribution in [0.5, 0.6) is 23.0 Å². The van der Waals surface area contributed by atoms with Gasteiger partial charge in [0.2, 0.25) is 0 Å². The molecule has 1 fully saturated rings. The van der Waals surface area contributed by atoms with Crippen LogP contribution in [0.15, 0.2) is 90.5 Å². The average Bonchev–Trinajstić information content (AvgIpc) is 3.02. The van der Waals surface area contributed by atoms with Crippen LogP contribution in [0, 0.1) is 0 Å². The molecule has 1 aliphatic heterocycles. The first kappa shape index (κ1) is 30.5. The van der Waals surface area contributed by atoms with Gasteiger partial charge in [-0.25, -0.2) is 9.69 Å². The number of nitrogens with one attached hydrogen (secondary N) is 1. The van der Waals surface area contributed by atoms with Crippen molar-refractivity contribution in [1.82, 2.24) is 5.32 Å². The lowest BCUT2D eigenvalue weighted by Gasteiger charge is -2.26. The number of ether oxygens (including phenoxy) is 4. The van der Waals surface area contributed by atoms with Gasteiger partial charge in [0.05, 0.1) is 24.9 Å². The minimum absolute atomic E-state index is 0.128. The zero-order valence-electron chi connectivity index (χ0n) is 23.6. The number of hydrogen-bond acceptors (Lipinski definition) is 7. The lowest BCUT2D eigenvalue weighted by Crippen LogP contribution is -2.54. The van der Waals surface area contributed by atoms with Crippen LogP contribution in [0.4, 0.5) is 10.5 Å². The summed E-state index contributed by atoms with van der Waals surface area (Å²) in [4.78, 5) is 39.2. The molecule has 0 spiro atoms. The van der Waals surface area contributed by atoms with Crippen molar-refractivity contribution in [3.05, 3.63) is 117 Å². The summed E-state index contributed by atoms with van der Waals surface area (Å²) >= 11 is 12.6. The Labute approximate surface area is 263 Å². The largest absolute Gasteiger partial charge is 0.493 e. The van der Waals surface area contributed by atoms with Gasteiger partial charge in [0.15, 0.2) is 23.0 Å². The van der Waals surface area contributed by atoms with Crippen molar-refractivity contribution in [2.45, 2.75) is 13.2 Å². The van der Waals surface area contributed by atoms with Crippen molar-refractivity contribution in [2.75, 3.05) is 19.1 Å². The molecule has 4 aromatic rings. The molecule has 4 aromatic carbocycles. The Bertz CT molecular complexity index is 1760. The molecule has 44 heavy (non-hydrogen) atoms. The van der Waals surface area contributed by atoms with Gasteiger partial charge in [0.25, 0.3) is 11.8 Å². The number of imide groups is 2. The first-order chi connectivity index (χ1) is 21.3. The predicted octanol–water partition coefficient (Wildman–Crippen LogP) is 6.84. The molecular weight excluding hydrogens is 607 g/mol. The van der Waals surface area contributed by atoms with Crippen molar-refractivity contribution in [1.29, 1.82) is 0 Å². The molecule has 1 N–H and O–H groups in total. The van der Waals surface area contributed by atoms with E-state index in [4.69, 9.17) is 42.1 Å². The van der Waals surface area contributed by atoms with Crippen molar-refractivity contribution in [3.8, 4) is 23.0 Å². The average molecular weight is 633 g/mol. The summed E-state index contributed by atoms with van der Waals surface area (Å²) in [5.41, 5.74) is 2.12. The molecule has 4 amide bonds. The van der Waals surface area contributed by atoms with Crippen LogP contribution in [-0.2, 0) is 22.8 Å². The topological polar surface area (TPSA) is 103 Å². The third-order valence-corrected chi connectivity index (χ3v) is 7.10. The second-order valence-electron chi connectivity index (χ2n) is 9.52. The molecule has 9 nitrogen and oxygen atoms in total. The fourth-order valence-electron chi connectivity index (χ4n) is 4.45. The number of carbonyl (C=O) groups excluding carboxylic acids is 3. The summed E-state index contributed by atoms with van der Waals surface area (Å²) < 4.78 is 23.0. The van der Waals surface area contributed by atoms with Crippen molar-refractivity contribution < 1.29 is 33.3 Å². The van der Waals surface area contributed by atoms with E-state index in [1.165, 1.54) is 31.4 Å². The van der Waals surface area contributed by atoms with E-state index >= 15 is 0 Å². The molecule has 1 saturated heterocycles. The van der Waals surface area contributed by atoms with E-state index in [1.54, 1.807) is 37.4 Å². The lowest BCUT2D eigenvalue weighted by atomic mass is 10.1. The van der Waals surface area contributed by atoms with Crippen LogP contribution >= 0.6 is 23.2 Å². The number of carbonyl (C=O) groups is 3. The highest BCUT2D eigenvalue weighted by atomic mass is 35.5. The molecule has 0 aliphatic carbocycles. The summed E-state index contributed by atoms with van der Waals surface area (Å²) in [6.07, 6.45) is 1.32. The van der Waals surface area contributed by atoms with Crippen LogP contribution in [0.25, 0.3) is 6.08 Å². The van der Waals surface area contributed by atoms with Crippen molar-refractivity contribution in [3.63, 3.8) is 0 Å². The highest BCUT2D eigenvalue weighted by Crippen LogP contribution is 2.38. The second-order valence-corrected chi connectivity index (χ2v) is 10.4. The predicted molar refractivity (Wildman–Crippen MR) is 167 cm³/mol. The number of amides is 4. The summed E-state index contributed by atoms with van der Waals surface area (Å²) in [5.74, 6) is -0.00589. The smallest absolute Gasteiger partial charge is 0.335 e. The van der Waals surface area contributed by atoms with E-state index in [9.17, 15) is 14.4 Å². The van der Waals surface area contributed by atoms with E-state index in [2.05, 4.69) is 5.32 Å². The lowest BCUT2D eigenvalue weighted by molar-refractivity contribution is -0.122. The van der Waals surface area contributed by atoms with Gasteiger partial charge in [-0.2, -0.15) is 0 Å². The maximum atomic E-state index is 13.2. The molecule has 1 aliphatic rings. The Morgan fingerprint density at radius 1 is 0.750 bits per heavy atom. The fourth-order valence-corrected chi connectivity index (χ4v) is 4.91. The van der Waals surface area contributed by atoms with Crippen LogP contribution in [0.2, 0.25) is 10.0 Å². The van der Waals surface area contributed by atoms with E-state index in [0.29, 0.717) is 28.7 Å². The molecule has 224 valence electrons. The van der Waals surface area contributed by atoms with Gasteiger partial charge >= 0.3 is 6.03 Å². The molecule has 5 rings (SSSR count). The van der Waals surface area contributed by atoms with Crippen molar-refractivity contribution >= 4 is 52.8 Å². The number of hydrogen-bond donors (Lipinski definition) is 1. The highest BCUT2D eigenvalue weighted by Gasteiger charge is 2.37. The number of barbiturate groups is 1. The SMILES string of the molecule is COc1cc(COc2c(Cl)cc(/C=C3\C(=O)NC(=O)N(c4cccc(Cl)c4)C3=O)cc2OC)ccc1OCc1ccccc1. The van der Waals surface area contributed by atoms with Crippen LogP contribution in [-0.4, -0.2) is 32.1 Å². The molecule has 11 heteroatoms. The van der Waals surface area contributed by atoms with E-state index < -0.39 is 17.8 Å². The number of nitrogens with zero attached hydrogens (tertiary/aromatic N) is 1. The third kappa shape index (κ3) is 6.80. The normalized spacial score (nSPS) is 14.0. The molecule has 0 atom stereocenters. The first-order valence-electron chi connectivity index (χ1n) is 13.3. The van der Waals surface area contributed by atoms with Gasteiger partial charge in [0.1, 0.15) is 18.8 Å². The molecule has 0 radical (unpaired) electrons. The maximum Gasteiger partial charge on any atom is 0.335 e. The Kier molecular flexibility index (Phi) is 9.38. The summed E-state index contributed by atoms with van der Waals surface area (Å²) in [5, 5.41) is 2.68. The molecular formula is C33H26Cl2N2O7. The minimum Gasteiger partial charge on any atom is -0.493 e. The molecule has 0 unspecified atom stereocenters. The number of benzene rings is 4. The monoisotopic (exact) mass is 632 g/mol. The van der Waals surface area contributed by atoms with Gasteiger partial charge < -0.3 is 18.9 Å². The number of anilines is 1. The molecule has 0 aromatic heterocycles. The molecule has 0 bridgehead atoms. The minimum atomic E-state index is -0.883. The maximum absolute atomic E-state index is 13.2. The van der Waals surface area contributed by atoms with E-state index in [1.807, 2.05) is 36.4 Å². The zero-order chi connectivity index (χ0) is 31.2. The quantitative estimate of drug-likeness (QED) is 0.151. The van der Waals surface area contributed by atoms with Crippen LogP contribution < -0.4 is 29.2 Å². The molecule has 0 saturated carbocycles. The van der Waals surface area contributed by atoms with Gasteiger partial charge in [-0.15, -0.1) is 0 Å². The number of methoxy groups -OCH3 is 2. The molecule has 1 heterocycles. The Morgan fingerprint density at radius 2 is 1.50 bits per heavy atom. The Hall–Kier alpha value is -4.99. The zero-order valence-corrected chi connectivity index (χ0v) is 25.1. The van der Waals surface area contributed by atoms with Gasteiger partial charge in [-0.1, -0.05) is 65.7 Å². The summed E-state index contributed by atoms with van der Waals surface area (Å²) in [6.45, 7) is 0.522. The van der Waals surface area contributed by atoms with E-state index in [-0.39, 0.29) is 34.4 Å². The summed E-state index contributed by atoms with van der Waals surface area (Å²) in [7, 11) is 3.00. The van der Waals surface area contributed by atoms with E-state index in [0.717, 1.165) is 16.0 Å². The highest BCUT2D eigenvalue weighted by molar-refractivity contribution is 6.39. The van der Waals surface area contributed by atoms with Crippen LogP contribution in [0.3, 0.4) is 0 Å². The second kappa shape index (κ2) is 13.5. The number of halogens is 2. The Morgan fingerprint density at radius 3 is 2.23 bits per heavy atom. The van der Waals surface area contributed by atoms with Gasteiger partial charge in [0, 0.05) is 5.02 Å². The van der Waals surface area contributed by atoms with Crippen LogP contribution in [0.1, 0.15) is 16.7 Å².